The van der Waals surface area contributed by atoms with Crippen LogP contribution in [0.15, 0.2) is 18.3 Å². The molecule has 64 valence electrons. The first-order chi connectivity index (χ1) is 5.74. The van der Waals surface area contributed by atoms with Crippen molar-refractivity contribution in [2.24, 2.45) is 0 Å². The number of pyridine rings is 1. The summed E-state index contributed by atoms with van der Waals surface area (Å²) >= 11 is 2.12. The minimum absolute atomic E-state index is 0.365. The molecule has 3 nitrogen and oxygen atoms in total. The van der Waals surface area contributed by atoms with Crippen LogP contribution >= 0.6 is 22.6 Å². The molecule has 1 heterocycles. The van der Waals surface area contributed by atoms with Gasteiger partial charge in [0.05, 0.1) is 6.61 Å². The van der Waals surface area contributed by atoms with E-state index in [1.807, 2.05) is 6.07 Å². The summed E-state index contributed by atoms with van der Waals surface area (Å²) in [6.45, 7) is 2.15. The Labute approximate surface area is 84.3 Å². The summed E-state index contributed by atoms with van der Waals surface area (Å²) in [5.41, 5.74) is 0.365. The number of ether oxygens (including phenoxy) is 1. The van der Waals surface area contributed by atoms with Crippen LogP contribution in [-0.2, 0) is 4.74 Å². The zero-order valence-electron chi connectivity index (χ0n) is 6.58. The third kappa shape index (κ3) is 2.44. The van der Waals surface area contributed by atoms with Gasteiger partial charge in [0.1, 0.15) is 5.69 Å². The van der Waals surface area contributed by atoms with E-state index in [1.54, 1.807) is 19.2 Å². The smallest absolute Gasteiger partial charge is 0.356 e. The van der Waals surface area contributed by atoms with Crippen molar-refractivity contribution in [1.82, 2.24) is 4.98 Å². The molecule has 1 rings (SSSR count). The van der Waals surface area contributed by atoms with Gasteiger partial charge in [0.25, 0.3) is 0 Å². The molecular weight excluding hydrogens is 269 g/mol. The van der Waals surface area contributed by atoms with Crippen molar-refractivity contribution in [3.8, 4) is 0 Å². The van der Waals surface area contributed by atoms with Crippen LogP contribution in [0.2, 0.25) is 0 Å². The summed E-state index contributed by atoms with van der Waals surface area (Å²) in [5, 5.41) is 0. The normalized spacial score (nSPS) is 9.50. The lowest BCUT2D eigenvalue weighted by molar-refractivity contribution is 0.0519. The van der Waals surface area contributed by atoms with Gasteiger partial charge in [-0.3, -0.25) is 0 Å². The predicted octanol–water partition coefficient (Wildman–Crippen LogP) is 1.86. The first-order valence-corrected chi connectivity index (χ1v) is 4.60. The lowest BCUT2D eigenvalue weighted by Crippen LogP contribution is -2.06. The van der Waals surface area contributed by atoms with Gasteiger partial charge in [0, 0.05) is 9.77 Å². The Morgan fingerprint density at radius 3 is 3.08 bits per heavy atom. The highest BCUT2D eigenvalue weighted by Crippen LogP contribution is 2.05. The van der Waals surface area contributed by atoms with E-state index in [4.69, 9.17) is 4.74 Å². The largest absolute Gasteiger partial charge is 0.461 e. The second-order valence-electron chi connectivity index (χ2n) is 2.08. The summed E-state index contributed by atoms with van der Waals surface area (Å²) in [6.07, 6.45) is 1.59. The van der Waals surface area contributed by atoms with Crippen molar-refractivity contribution in [2.45, 2.75) is 6.92 Å². The molecule has 12 heavy (non-hydrogen) atoms. The van der Waals surface area contributed by atoms with E-state index in [-0.39, 0.29) is 5.97 Å². The summed E-state index contributed by atoms with van der Waals surface area (Å²) < 4.78 is 5.76. The molecule has 0 spiro atoms. The van der Waals surface area contributed by atoms with Crippen LogP contribution in [0.25, 0.3) is 0 Å². The number of esters is 1. The van der Waals surface area contributed by atoms with E-state index in [2.05, 4.69) is 27.6 Å². The molecule has 0 amide bonds. The van der Waals surface area contributed by atoms with Crippen LogP contribution in [0.1, 0.15) is 17.4 Å². The topological polar surface area (TPSA) is 39.2 Å². The van der Waals surface area contributed by atoms with E-state index in [0.29, 0.717) is 12.3 Å². The van der Waals surface area contributed by atoms with Crippen LogP contribution in [0.5, 0.6) is 0 Å². The Morgan fingerprint density at radius 2 is 2.50 bits per heavy atom. The molecule has 0 aliphatic carbocycles. The highest BCUT2D eigenvalue weighted by Gasteiger charge is 2.06. The summed E-state index contributed by atoms with van der Waals surface area (Å²) in [7, 11) is 0. The second kappa shape index (κ2) is 4.39. The average molecular weight is 277 g/mol. The minimum atomic E-state index is -0.365. The number of rotatable bonds is 2. The molecule has 0 N–H and O–H groups in total. The van der Waals surface area contributed by atoms with Crippen LogP contribution in [0.3, 0.4) is 0 Å². The van der Waals surface area contributed by atoms with E-state index in [1.165, 1.54) is 0 Å². The van der Waals surface area contributed by atoms with Gasteiger partial charge >= 0.3 is 5.97 Å². The molecule has 0 aliphatic rings. The lowest BCUT2D eigenvalue weighted by Gasteiger charge is -1.99. The van der Waals surface area contributed by atoms with Gasteiger partial charge in [-0.25, -0.2) is 9.78 Å². The highest BCUT2D eigenvalue weighted by atomic mass is 127. The first-order valence-electron chi connectivity index (χ1n) is 3.52. The van der Waals surface area contributed by atoms with Gasteiger partial charge in [-0.05, 0) is 41.6 Å². The monoisotopic (exact) mass is 277 g/mol. The number of halogens is 1. The van der Waals surface area contributed by atoms with Crippen molar-refractivity contribution in [3.63, 3.8) is 0 Å². The zero-order chi connectivity index (χ0) is 8.97. The molecule has 0 fully saturated rings. The number of nitrogens with zero attached hydrogens (tertiary/aromatic N) is 1. The Kier molecular flexibility index (Phi) is 3.46. The quantitative estimate of drug-likeness (QED) is 0.612. The fraction of sp³-hybridized carbons (Fsp3) is 0.250. The Bertz CT molecular complexity index is 288. The van der Waals surface area contributed by atoms with Crippen LogP contribution < -0.4 is 0 Å². The third-order valence-corrected chi connectivity index (χ3v) is 1.88. The standard InChI is InChI=1S/C8H8INO2/c1-2-12-8(11)7-5-6(9)3-4-10-7/h3-5H,2H2,1H3. The first kappa shape index (κ1) is 9.44. The SMILES string of the molecule is CCOC(=O)c1cc(I)ccn1. The molecule has 1 aromatic heterocycles. The number of hydrogen-bond acceptors (Lipinski definition) is 3. The molecule has 0 bridgehead atoms. The second-order valence-corrected chi connectivity index (χ2v) is 3.33. The van der Waals surface area contributed by atoms with Gasteiger partial charge < -0.3 is 4.74 Å². The molecule has 1 aromatic rings. The molecular formula is C8H8INO2. The molecule has 0 saturated carbocycles. The molecule has 0 aliphatic heterocycles. The summed E-state index contributed by atoms with van der Waals surface area (Å²) in [6, 6.07) is 3.52. The Morgan fingerprint density at radius 1 is 1.75 bits per heavy atom. The zero-order valence-corrected chi connectivity index (χ0v) is 8.74. The maximum atomic E-state index is 11.1. The Hall–Kier alpha value is -0.650. The van der Waals surface area contributed by atoms with Gasteiger partial charge in [-0.2, -0.15) is 0 Å². The number of aromatic nitrogens is 1. The fourth-order valence-corrected chi connectivity index (χ4v) is 1.18. The highest BCUT2D eigenvalue weighted by molar-refractivity contribution is 14.1. The average Bonchev–Trinajstić information content (AvgIpc) is 2.05. The molecule has 0 unspecified atom stereocenters. The Balaban J connectivity index is 2.81. The van der Waals surface area contributed by atoms with Crippen molar-refractivity contribution in [3.05, 3.63) is 27.6 Å². The summed E-state index contributed by atoms with van der Waals surface area (Å²) in [4.78, 5) is 15.0. The van der Waals surface area contributed by atoms with Crippen LogP contribution in [0, 0.1) is 3.57 Å². The van der Waals surface area contributed by atoms with Gasteiger partial charge in [-0.1, -0.05) is 0 Å². The number of hydrogen-bond donors (Lipinski definition) is 0. The van der Waals surface area contributed by atoms with Crippen molar-refractivity contribution in [2.75, 3.05) is 6.61 Å². The molecule has 0 radical (unpaired) electrons. The van der Waals surface area contributed by atoms with Crippen molar-refractivity contribution < 1.29 is 9.53 Å². The van der Waals surface area contributed by atoms with E-state index >= 15 is 0 Å². The number of carbonyl (C=O) groups is 1. The van der Waals surface area contributed by atoms with E-state index in [0.717, 1.165) is 3.57 Å². The maximum absolute atomic E-state index is 11.1. The molecule has 0 aromatic carbocycles. The fourth-order valence-electron chi connectivity index (χ4n) is 0.721. The van der Waals surface area contributed by atoms with Crippen LogP contribution in [-0.4, -0.2) is 17.6 Å². The van der Waals surface area contributed by atoms with E-state index in [9.17, 15) is 4.79 Å². The number of carbonyl (C=O) groups excluding carboxylic acids is 1. The van der Waals surface area contributed by atoms with E-state index < -0.39 is 0 Å². The molecule has 0 saturated heterocycles. The predicted molar refractivity (Wildman–Crippen MR) is 52.9 cm³/mol. The molecule has 4 heteroatoms. The lowest BCUT2D eigenvalue weighted by atomic mass is 10.4. The van der Waals surface area contributed by atoms with Crippen molar-refractivity contribution in [1.29, 1.82) is 0 Å². The van der Waals surface area contributed by atoms with Crippen molar-refractivity contribution >= 4 is 28.6 Å². The summed E-state index contributed by atoms with van der Waals surface area (Å²) in [5.74, 6) is -0.365. The minimum Gasteiger partial charge on any atom is -0.461 e. The van der Waals surface area contributed by atoms with Gasteiger partial charge in [-0.15, -0.1) is 0 Å². The third-order valence-electron chi connectivity index (χ3n) is 1.21. The van der Waals surface area contributed by atoms with Crippen LogP contribution in [0.4, 0.5) is 0 Å². The molecule has 0 atom stereocenters. The van der Waals surface area contributed by atoms with Gasteiger partial charge in [0.2, 0.25) is 0 Å². The van der Waals surface area contributed by atoms with Gasteiger partial charge in [0.15, 0.2) is 0 Å². The maximum Gasteiger partial charge on any atom is 0.356 e.